The molecule has 0 aliphatic heterocycles. The Kier molecular flexibility index (Phi) is 3.00. The highest BCUT2D eigenvalue weighted by atomic mass is 16.5. The van der Waals surface area contributed by atoms with Gasteiger partial charge in [-0.05, 0) is 36.2 Å². The van der Waals surface area contributed by atoms with Gasteiger partial charge in [0.15, 0.2) is 0 Å². The number of aromatic nitrogens is 2. The minimum Gasteiger partial charge on any atom is -0.449 e. The summed E-state index contributed by atoms with van der Waals surface area (Å²) in [5, 5.41) is 0.965. The molecule has 4 rings (SSSR count). The molecule has 2 aromatic carbocycles. The fraction of sp³-hybridized carbons (Fsp3) is 0.111. The Morgan fingerprint density at radius 1 is 1.05 bits per heavy atom. The smallest absolute Gasteiger partial charge is 0.267 e. The van der Waals surface area contributed by atoms with Crippen molar-refractivity contribution in [2.75, 3.05) is 0 Å². The summed E-state index contributed by atoms with van der Waals surface area (Å²) in [5.41, 5.74) is 3.34. The molecule has 2 heterocycles. The number of nitrogens with zero attached hydrogens (tertiary/aromatic N) is 2. The lowest BCUT2D eigenvalue weighted by Gasteiger charge is -2.05. The van der Waals surface area contributed by atoms with E-state index >= 15 is 0 Å². The molecule has 4 heteroatoms. The van der Waals surface area contributed by atoms with Gasteiger partial charge >= 0.3 is 0 Å². The number of hydrogen-bond acceptors (Lipinski definition) is 4. The lowest BCUT2D eigenvalue weighted by atomic mass is 10.2. The monoisotopic (exact) mass is 290 g/mol. The van der Waals surface area contributed by atoms with Crippen LogP contribution < -0.4 is 4.74 Å². The topological polar surface area (TPSA) is 48.2 Å². The second kappa shape index (κ2) is 5.15. The molecule has 22 heavy (non-hydrogen) atoms. The Bertz CT molecular complexity index is 960. The molecule has 2 aromatic heterocycles. The van der Waals surface area contributed by atoms with Gasteiger partial charge in [-0.2, -0.15) is 4.98 Å². The number of rotatable bonds is 3. The molecular weight excluding hydrogens is 276 g/mol. The van der Waals surface area contributed by atoms with Gasteiger partial charge in [0.2, 0.25) is 5.58 Å². The Morgan fingerprint density at radius 3 is 2.86 bits per heavy atom. The van der Waals surface area contributed by atoms with E-state index in [-0.39, 0.29) is 0 Å². The molecule has 0 aliphatic carbocycles. The summed E-state index contributed by atoms with van der Waals surface area (Å²) in [5.74, 6) is 1.19. The number of benzene rings is 2. The molecule has 4 nitrogen and oxygen atoms in total. The van der Waals surface area contributed by atoms with Crippen molar-refractivity contribution in [3.8, 4) is 11.6 Å². The number of hydrogen-bond donors (Lipinski definition) is 0. The fourth-order valence-electron chi connectivity index (χ4n) is 2.52. The first kappa shape index (κ1) is 12.8. The van der Waals surface area contributed by atoms with Gasteiger partial charge in [0.25, 0.3) is 5.88 Å². The van der Waals surface area contributed by atoms with Crippen LogP contribution in [0.5, 0.6) is 11.6 Å². The maximum absolute atomic E-state index is 5.92. The highest BCUT2D eigenvalue weighted by Crippen LogP contribution is 2.33. The average molecular weight is 290 g/mol. The zero-order valence-corrected chi connectivity index (χ0v) is 12.1. The zero-order chi connectivity index (χ0) is 14.9. The molecule has 0 fully saturated rings. The van der Waals surface area contributed by atoms with Gasteiger partial charge in [-0.15, -0.1) is 0 Å². The van der Waals surface area contributed by atoms with E-state index < -0.39 is 0 Å². The van der Waals surface area contributed by atoms with Gasteiger partial charge in [0.05, 0.1) is 0 Å². The van der Waals surface area contributed by atoms with Crippen LogP contribution in [0.15, 0.2) is 59.3 Å². The number of para-hydroxylation sites is 1. The molecule has 0 aliphatic rings. The van der Waals surface area contributed by atoms with Crippen molar-refractivity contribution in [1.29, 1.82) is 0 Å². The van der Waals surface area contributed by atoms with Crippen LogP contribution in [0.3, 0.4) is 0 Å². The summed E-state index contributed by atoms with van der Waals surface area (Å²) < 4.78 is 11.8. The standard InChI is InChI=1S/C18H14N2O2/c1-2-12-6-5-7-13(10-12)21-18-17-16(19-11-20-18)14-8-3-4-9-15(14)22-17/h3-11H,2H2,1H3. The fourth-order valence-corrected chi connectivity index (χ4v) is 2.52. The molecule has 0 unspecified atom stereocenters. The van der Waals surface area contributed by atoms with E-state index in [0.717, 1.165) is 28.7 Å². The van der Waals surface area contributed by atoms with Crippen molar-refractivity contribution in [3.05, 3.63) is 60.4 Å². The SMILES string of the molecule is CCc1cccc(Oc2ncnc3c2oc2ccccc23)c1. The quantitative estimate of drug-likeness (QED) is 0.547. The van der Waals surface area contributed by atoms with E-state index in [4.69, 9.17) is 9.15 Å². The van der Waals surface area contributed by atoms with Crippen LogP contribution in [0.25, 0.3) is 22.1 Å². The summed E-state index contributed by atoms with van der Waals surface area (Å²) in [4.78, 5) is 8.55. The molecule has 0 atom stereocenters. The van der Waals surface area contributed by atoms with Gasteiger partial charge in [-0.1, -0.05) is 31.2 Å². The maximum atomic E-state index is 5.92. The minimum atomic E-state index is 0.439. The van der Waals surface area contributed by atoms with E-state index in [0.29, 0.717) is 11.5 Å². The lowest BCUT2D eigenvalue weighted by molar-refractivity contribution is 0.455. The van der Waals surface area contributed by atoms with E-state index in [2.05, 4.69) is 23.0 Å². The van der Waals surface area contributed by atoms with Gasteiger partial charge < -0.3 is 9.15 Å². The maximum Gasteiger partial charge on any atom is 0.267 e. The summed E-state index contributed by atoms with van der Waals surface area (Å²) in [7, 11) is 0. The number of furan rings is 1. The van der Waals surface area contributed by atoms with Crippen LogP contribution >= 0.6 is 0 Å². The Balaban J connectivity index is 1.84. The van der Waals surface area contributed by atoms with Gasteiger partial charge in [0, 0.05) is 5.39 Å². The van der Waals surface area contributed by atoms with Crippen molar-refractivity contribution in [1.82, 2.24) is 9.97 Å². The van der Waals surface area contributed by atoms with Crippen molar-refractivity contribution < 1.29 is 9.15 Å². The van der Waals surface area contributed by atoms with Gasteiger partial charge in [-0.25, -0.2) is 4.98 Å². The predicted octanol–water partition coefficient (Wildman–Crippen LogP) is 4.73. The van der Waals surface area contributed by atoms with Crippen LogP contribution in [-0.4, -0.2) is 9.97 Å². The molecule has 4 aromatic rings. The van der Waals surface area contributed by atoms with Crippen molar-refractivity contribution >= 4 is 22.1 Å². The molecule has 108 valence electrons. The highest BCUT2D eigenvalue weighted by Gasteiger charge is 2.14. The van der Waals surface area contributed by atoms with Crippen molar-refractivity contribution in [2.24, 2.45) is 0 Å². The molecular formula is C18H14N2O2. The van der Waals surface area contributed by atoms with E-state index in [9.17, 15) is 0 Å². The second-order valence-corrected chi connectivity index (χ2v) is 5.06. The Labute approximate surface area is 127 Å². The van der Waals surface area contributed by atoms with Crippen molar-refractivity contribution in [3.63, 3.8) is 0 Å². The summed E-state index contributed by atoms with van der Waals surface area (Å²) in [6.07, 6.45) is 2.46. The normalized spacial score (nSPS) is 11.1. The minimum absolute atomic E-state index is 0.439. The van der Waals surface area contributed by atoms with Crippen LogP contribution in [-0.2, 0) is 6.42 Å². The molecule has 0 bridgehead atoms. The molecule has 0 radical (unpaired) electrons. The average Bonchev–Trinajstić information content (AvgIpc) is 2.95. The molecule has 0 saturated carbocycles. The largest absolute Gasteiger partial charge is 0.449 e. The summed E-state index contributed by atoms with van der Waals surface area (Å²) >= 11 is 0. The molecule has 0 spiro atoms. The van der Waals surface area contributed by atoms with Gasteiger partial charge in [0.1, 0.15) is 23.2 Å². The van der Waals surface area contributed by atoms with E-state index in [1.807, 2.05) is 42.5 Å². The predicted molar refractivity (Wildman–Crippen MR) is 85.2 cm³/mol. The number of ether oxygens (including phenoxy) is 1. The third kappa shape index (κ3) is 2.09. The first-order valence-corrected chi connectivity index (χ1v) is 7.24. The number of fused-ring (bicyclic) bond motifs is 3. The lowest BCUT2D eigenvalue weighted by Crippen LogP contribution is -1.90. The summed E-state index contributed by atoms with van der Waals surface area (Å²) in [6, 6.07) is 15.8. The Hall–Kier alpha value is -2.88. The second-order valence-electron chi connectivity index (χ2n) is 5.06. The summed E-state index contributed by atoms with van der Waals surface area (Å²) in [6.45, 7) is 2.11. The molecule has 0 amide bonds. The molecule has 0 saturated heterocycles. The van der Waals surface area contributed by atoms with Crippen LogP contribution in [0, 0.1) is 0 Å². The van der Waals surface area contributed by atoms with Gasteiger partial charge in [-0.3, -0.25) is 0 Å². The van der Waals surface area contributed by atoms with Crippen LogP contribution in [0.4, 0.5) is 0 Å². The Morgan fingerprint density at radius 2 is 1.95 bits per heavy atom. The highest BCUT2D eigenvalue weighted by molar-refractivity contribution is 6.03. The van der Waals surface area contributed by atoms with E-state index in [1.54, 1.807) is 0 Å². The number of aryl methyl sites for hydroxylation is 1. The van der Waals surface area contributed by atoms with Crippen LogP contribution in [0.2, 0.25) is 0 Å². The zero-order valence-electron chi connectivity index (χ0n) is 12.1. The van der Waals surface area contributed by atoms with Crippen LogP contribution in [0.1, 0.15) is 12.5 Å². The molecule has 0 N–H and O–H groups in total. The third-order valence-electron chi connectivity index (χ3n) is 3.65. The third-order valence-corrected chi connectivity index (χ3v) is 3.65. The van der Waals surface area contributed by atoms with E-state index in [1.165, 1.54) is 11.9 Å². The van der Waals surface area contributed by atoms with Crippen molar-refractivity contribution in [2.45, 2.75) is 13.3 Å². The first-order chi connectivity index (χ1) is 10.8. The first-order valence-electron chi connectivity index (χ1n) is 7.24.